The number of alkyl halides is 1. The maximum absolute atomic E-state index is 10.6. The van der Waals surface area contributed by atoms with E-state index in [9.17, 15) is 4.79 Å². The van der Waals surface area contributed by atoms with Crippen LogP contribution in [-0.4, -0.2) is 17.0 Å². The highest BCUT2D eigenvalue weighted by Gasteiger charge is 2.05. The smallest absolute Gasteiger partial charge is 0.409 e. The summed E-state index contributed by atoms with van der Waals surface area (Å²) in [7, 11) is 0. The van der Waals surface area contributed by atoms with E-state index < -0.39 is 6.09 Å². The fourth-order valence-corrected chi connectivity index (χ4v) is 1.58. The lowest BCUT2D eigenvalue weighted by molar-refractivity contribution is 0.210. The molecule has 2 rings (SSSR count). The quantitative estimate of drug-likeness (QED) is 0.805. The second-order valence-electron chi connectivity index (χ2n) is 3.34. The number of benzene rings is 2. The molecule has 2 aromatic rings. The molecule has 0 fully saturated rings. The minimum atomic E-state index is -1.05. The molecule has 0 heterocycles. The van der Waals surface area contributed by atoms with E-state index in [1.807, 2.05) is 48.3 Å². The van der Waals surface area contributed by atoms with Crippen LogP contribution in [0.4, 0.5) is 10.5 Å². The molecule has 1 amide bonds. The van der Waals surface area contributed by atoms with Gasteiger partial charge in [0.15, 0.2) is 0 Å². The van der Waals surface area contributed by atoms with Crippen LogP contribution in [0.1, 0.15) is 0 Å². The predicted molar refractivity (Wildman–Crippen MR) is 78.4 cm³/mol. The molecule has 3 nitrogen and oxygen atoms in total. The van der Waals surface area contributed by atoms with Crippen LogP contribution in [0, 0.1) is 0 Å². The van der Waals surface area contributed by atoms with Gasteiger partial charge in [0.2, 0.25) is 0 Å². The van der Waals surface area contributed by atoms with Crippen LogP contribution in [0.2, 0.25) is 0 Å². The third-order valence-corrected chi connectivity index (χ3v) is 2.25. The Morgan fingerprint density at radius 3 is 2.17 bits per heavy atom. The normalized spacial score (nSPS) is 9.00. The summed E-state index contributed by atoms with van der Waals surface area (Å²) in [6, 6.07) is 17.0. The Balaban J connectivity index is 0.000000771. The minimum Gasteiger partial charge on any atom is -0.465 e. The van der Waals surface area contributed by atoms with E-state index in [1.165, 1.54) is 0 Å². The van der Waals surface area contributed by atoms with Gasteiger partial charge in [0.25, 0.3) is 0 Å². The van der Waals surface area contributed by atoms with Crippen LogP contribution in [0.5, 0.6) is 0 Å². The predicted octanol–water partition coefficient (Wildman–Crippen LogP) is 4.45. The third kappa shape index (κ3) is 3.89. The number of rotatable bonds is 2. The lowest BCUT2D eigenvalue weighted by Crippen LogP contribution is -2.08. The van der Waals surface area contributed by atoms with E-state index in [2.05, 4.69) is 21.2 Å². The number of anilines is 1. The third-order valence-electron chi connectivity index (χ3n) is 2.25. The lowest BCUT2D eigenvalue weighted by Gasteiger charge is -2.08. The van der Waals surface area contributed by atoms with E-state index in [-0.39, 0.29) is 0 Å². The first-order chi connectivity index (χ1) is 8.77. The Morgan fingerprint density at radius 1 is 1.00 bits per heavy atom. The van der Waals surface area contributed by atoms with Crippen molar-refractivity contribution in [3.63, 3.8) is 0 Å². The number of hydrogen-bond donors (Lipinski definition) is 2. The number of halogens is 1. The van der Waals surface area contributed by atoms with Crippen LogP contribution in [-0.2, 0) is 0 Å². The van der Waals surface area contributed by atoms with Crippen LogP contribution >= 0.6 is 15.9 Å². The van der Waals surface area contributed by atoms with E-state index in [4.69, 9.17) is 5.11 Å². The van der Waals surface area contributed by atoms with E-state index >= 15 is 0 Å². The molecule has 4 heteroatoms. The lowest BCUT2D eigenvalue weighted by atomic mass is 10.0. The van der Waals surface area contributed by atoms with Crippen LogP contribution in [0.3, 0.4) is 0 Å². The molecule has 2 N–H and O–H groups in total. The van der Waals surface area contributed by atoms with Crippen molar-refractivity contribution in [2.75, 3.05) is 11.1 Å². The van der Waals surface area contributed by atoms with Gasteiger partial charge in [-0.2, -0.15) is 0 Å². The molecular formula is C14H14BrNO2. The summed E-state index contributed by atoms with van der Waals surface area (Å²) in [6.45, 7) is 0. The number of para-hydroxylation sites is 1. The van der Waals surface area contributed by atoms with Gasteiger partial charge in [-0.25, -0.2) is 4.79 Å². The van der Waals surface area contributed by atoms with Crippen molar-refractivity contribution >= 4 is 27.7 Å². The minimum absolute atomic E-state index is 0.598. The number of amides is 1. The largest absolute Gasteiger partial charge is 0.465 e. The average Bonchev–Trinajstić information content (AvgIpc) is 2.42. The molecule has 0 aliphatic rings. The summed E-state index contributed by atoms with van der Waals surface area (Å²) in [5.74, 6) is 1.81. The number of carbonyl (C=O) groups is 1. The molecule has 0 unspecified atom stereocenters. The zero-order valence-electron chi connectivity index (χ0n) is 9.93. The summed E-state index contributed by atoms with van der Waals surface area (Å²) in [5, 5.41) is 11.1. The van der Waals surface area contributed by atoms with Gasteiger partial charge in [0, 0.05) is 5.56 Å². The molecule has 0 radical (unpaired) electrons. The van der Waals surface area contributed by atoms with Crippen molar-refractivity contribution in [3.8, 4) is 11.1 Å². The summed E-state index contributed by atoms with van der Waals surface area (Å²) < 4.78 is 0. The molecule has 0 aromatic heterocycles. The molecule has 0 spiro atoms. The van der Waals surface area contributed by atoms with Gasteiger partial charge >= 0.3 is 6.09 Å². The SMILES string of the molecule is CBr.O=C(O)Nc1ccccc1-c1ccccc1. The first kappa shape index (κ1) is 14.3. The maximum Gasteiger partial charge on any atom is 0.409 e. The second-order valence-corrected chi connectivity index (χ2v) is 3.34. The van der Waals surface area contributed by atoms with Gasteiger partial charge in [0.05, 0.1) is 5.69 Å². The molecule has 94 valence electrons. The van der Waals surface area contributed by atoms with Gasteiger partial charge in [-0.05, 0) is 17.5 Å². The molecule has 0 aliphatic heterocycles. The average molecular weight is 308 g/mol. The first-order valence-corrected chi connectivity index (χ1v) is 6.88. The van der Waals surface area contributed by atoms with E-state index in [1.54, 1.807) is 12.1 Å². The summed E-state index contributed by atoms with van der Waals surface area (Å²) in [4.78, 5) is 10.6. The fraction of sp³-hybridized carbons (Fsp3) is 0.0714. The highest BCUT2D eigenvalue weighted by Crippen LogP contribution is 2.27. The van der Waals surface area contributed by atoms with Crippen molar-refractivity contribution in [2.24, 2.45) is 0 Å². The zero-order valence-corrected chi connectivity index (χ0v) is 11.5. The molecule has 0 atom stereocenters. The standard InChI is InChI=1S/C13H11NO2.CH3Br/c15-13(16)14-12-9-5-4-8-11(12)10-6-2-1-3-7-10;1-2/h1-9,14H,(H,15,16);1H3. The molecule has 0 bridgehead atoms. The fourth-order valence-electron chi connectivity index (χ4n) is 1.58. The van der Waals surface area contributed by atoms with Crippen molar-refractivity contribution in [1.82, 2.24) is 0 Å². The van der Waals surface area contributed by atoms with Crippen molar-refractivity contribution < 1.29 is 9.90 Å². The molecular weight excluding hydrogens is 294 g/mol. The molecule has 18 heavy (non-hydrogen) atoms. The Bertz CT molecular complexity index is 500. The van der Waals surface area contributed by atoms with E-state index in [0.29, 0.717) is 5.69 Å². The highest BCUT2D eigenvalue weighted by atomic mass is 79.9. The Hall–Kier alpha value is -1.81. The molecule has 2 aromatic carbocycles. The van der Waals surface area contributed by atoms with Gasteiger partial charge in [-0.3, -0.25) is 5.32 Å². The number of hydrogen-bond acceptors (Lipinski definition) is 1. The molecule has 0 saturated heterocycles. The molecule has 0 aliphatic carbocycles. The summed E-state index contributed by atoms with van der Waals surface area (Å²) in [6.07, 6.45) is -1.05. The molecule has 0 saturated carbocycles. The monoisotopic (exact) mass is 307 g/mol. The summed E-state index contributed by atoms with van der Waals surface area (Å²) >= 11 is 2.94. The second kappa shape index (κ2) is 7.50. The van der Waals surface area contributed by atoms with Gasteiger partial charge in [-0.1, -0.05) is 64.5 Å². The number of nitrogens with one attached hydrogen (secondary N) is 1. The van der Waals surface area contributed by atoms with Gasteiger partial charge < -0.3 is 5.11 Å². The topological polar surface area (TPSA) is 49.3 Å². The van der Waals surface area contributed by atoms with Crippen LogP contribution in [0.15, 0.2) is 54.6 Å². The highest BCUT2D eigenvalue weighted by molar-refractivity contribution is 9.08. The van der Waals surface area contributed by atoms with Crippen molar-refractivity contribution in [2.45, 2.75) is 0 Å². The van der Waals surface area contributed by atoms with Crippen molar-refractivity contribution in [1.29, 1.82) is 0 Å². The maximum atomic E-state index is 10.6. The Kier molecular flexibility index (Phi) is 5.94. The van der Waals surface area contributed by atoms with E-state index in [0.717, 1.165) is 11.1 Å². The van der Waals surface area contributed by atoms with Crippen molar-refractivity contribution in [3.05, 3.63) is 54.6 Å². The van der Waals surface area contributed by atoms with Gasteiger partial charge in [-0.15, -0.1) is 0 Å². The Labute approximate surface area is 115 Å². The first-order valence-electron chi connectivity index (χ1n) is 5.29. The zero-order chi connectivity index (χ0) is 13.4. The van der Waals surface area contributed by atoms with Gasteiger partial charge in [0.1, 0.15) is 0 Å². The van der Waals surface area contributed by atoms with Crippen LogP contribution < -0.4 is 5.32 Å². The number of carboxylic acid groups (broad SMARTS) is 1. The Morgan fingerprint density at radius 2 is 1.56 bits per heavy atom. The van der Waals surface area contributed by atoms with Crippen LogP contribution in [0.25, 0.3) is 11.1 Å². The summed E-state index contributed by atoms with van der Waals surface area (Å²) in [5.41, 5.74) is 2.47.